The molecule has 0 saturated carbocycles. The van der Waals surface area contributed by atoms with E-state index in [1.165, 1.54) is 13.2 Å². The highest BCUT2D eigenvalue weighted by Crippen LogP contribution is 2.32. The normalized spacial score (nSPS) is 10.6. The quantitative estimate of drug-likeness (QED) is 0.537. The van der Waals surface area contributed by atoms with Crippen molar-refractivity contribution in [3.63, 3.8) is 0 Å². The molecule has 0 amide bonds. The Morgan fingerprint density at radius 1 is 1.31 bits per heavy atom. The van der Waals surface area contributed by atoms with Gasteiger partial charge in [-0.2, -0.15) is 5.10 Å². The fraction of sp³-hybridized carbons (Fsp3) is 0.167. The van der Waals surface area contributed by atoms with E-state index in [1.54, 1.807) is 10.9 Å². The van der Waals surface area contributed by atoms with Crippen LogP contribution in [0.5, 0.6) is 5.75 Å². The molecule has 0 aliphatic carbocycles. The third-order valence-electron chi connectivity index (χ3n) is 3.91. The van der Waals surface area contributed by atoms with Crippen molar-refractivity contribution < 1.29 is 14.1 Å². The van der Waals surface area contributed by atoms with Crippen LogP contribution in [0.3, 0.4) is 0 Å². The van der Waals surface area contributed by atoms with Crippen LogP contribution in [0.2, 0.25) is 0 Å². The highest BCUT2D eigenvalue weighted by atomic mass is 19.1. The second kappa shape index (κ2) is 7.22. The number of nitrogens with one attached hydrogen (secondary N) is 1. The Balaban J connectivity index is 1.84. The van der Waals surface area contributed by atoms with E-state index in [2.05, 4.69) is 10.4 Å². The Morgan fingerprint density at radius 2 is 2.12 bits per heavy atom. The minimum Gasteiger partial charge on any atom is -0.494 e. The van der Waals surface area contributed by atoms with Gasteiger partial charge in [-0.1, -0.05) is 18.2 Å². The maximum atomic E-state index is 13.7. The lowest BCUT2D eigenvalue weighted by molar-refractivity contribution is -0.384. The van der Waals surface area contributed by atoms with Gasteiger partial charge in [0.05, 0.1) is 24.3 Å². The van der Waals surface area contributed by atoms with Gasteiger partial charge in [0.2, 0.25) is 0 Å². The number of nitro groups is 1. The Morgan fingerprint density at radius 3 is 2.77 bits per heavy atom. The van der Waals surface area contributed by atoms with Crippen molar-refractivity contribution >= 4 is 11.4 Å². The molecule has 0 aliphatic rings. The molecule has 0 fully saturated rings. The summed E-state index contributed by atoms with van der Waals surface area (Å²) in [5.74, 6) is -0.828. The first-order chi connectivity index (χ1) is 12.5. The van der Waals surface area contributed by atoms with Crippen molar-refractivity contribution in [2.45, 2.75) is 6.54 Å². The van der Waals surface area contributed by atoms with Gasteiger partial charge in [0.25, 0.3) is 5.69 Å². The lowest BCUT2D eigenvalue weighted by Gasteiger charge is -2.10. The average molecular weight is 356 g/mol. The molecule has 0 unspecified atom stereocenters. The molecule has 0 atom stereocenters. The van der Waals surface area contributed by atoms with Crippen molar-refractivity contribution in [3.8, 4) is 16.9 Å². The summed E-state index contributed by atoms with van der Waals surface area (Å²) < 4.78 is 20.4. The molecule has 7 nitrogen and oxygen atoms in total. The summed E-state index contributed by atoms with van der Waals surface area (Å²) in [4.78, 5) is 10.5. The number of hydrogen-bond acceptors (Lipinski definition) is 5. The molecule has 1 heterocycles. The standard InChI is InChI=1S/C18H17FN4O3/c1-22-11-14(10-21-22)13-5-3-4-12(6-13)9-20-16-8-18(26-2)15(19)7-17(16)23(24)25/h3-8,10-11,20H,9H2,1-2H3. The fourth-order valence-electron chi connectivity index (χ4n) is 2.62. The number of anilines is 1. The van der Waals surface area contributed by atoms with Crippen molar-refractivity contribution in [2.24, 2.45) is 7.05 Å². The smallest absolute Gasteiger partial charge is 0.295 e. The molecule has 2 aromatic carbocycles. The van der Waals surface area contributed by atoms with Crippen LogP contribution >= 0.6 is 0 Å². The molecule has 134 valence electrons. The molecule has 1 aromatic heterocycles. The minimum atomic E-state index is -0.775. The predicted molar refractivity (Wildman–Crippen MR) is 95.6 cm³/mol. The maximum Gasteiger partial charge on any atom is 0.295 e. The maximum absolute atomic E-state index is 13.7. The molecule has 0 saturated heterocycles. The van der Waals surface area contributed by atoms with Crippen LogP contribution < -0.4 is 10.1 Å². The molecule has 0 bridgehead atoms. The first kappa shape index (κ1) is 17.4. The molecule has 3 rings (SSSR count). The van der Waals surface area contributed by atoms with E-state index < -0.39 is 10.7 Å². The topological polar surface area (TPSA) is 82.2 Å². The summed E-state index contributed by atoms with van der Waals surface area (Å²) in [5, 5.41) is 18.3. The van der Waals surface area contributed by atoms with Gasteiger partial charge in [-0.15, -0.1) is 0 Å². The Bertz CT molecular complexity index is 955. The minimum absolute atomic E-state index is 0.0535. The first-order valence-corrected chi connectivity index (χ1v) is 7.81. The van der Waals surface area contributed by atoms with Crippen molar-refractivity contribution in [3.05, 3.63) is 70.3 Å². The van der Waals surface area contributed by atoms with Crippen LogP contribution in [0.15, 0.2) is 48.8 Å². The number of rotatable bonds is 6. The molecule has 8 heteroatoms. The van der Waals surface area contributed by atoms with Crippen LogP contribution in [0.1, 0.15) is 5.56 Å². The van der Waals surface area contributed by atoms with Crippen molar-refractivity contribution in [1.82, 2.24) is 9.78 Å². The fourth-order valence-corrected chi connectivity index (χ4v) is 2.62. The van der Waals surface area contributed by atoms with E-state index in [4.69, 9.17) is 4.74 Å². The number of halogens is 1. The van der Waals surface area contributed by atoms with E-state index in [0.29, 0.717) is 6.54 Å². The highest BCUT2D eigenvalue weighted by Gasteiger charge is 2.19. The second-order valence-electron chi connectivity index (χ2n) is 5.72. The van der Waals surface area contributed by atoms with Crippen LogP contribution in [0, 0.1) is 15.9 Å². The number of methoxy groups -OCH3 is 1. The van der Waals surface area contributed by atoms with Crippen LogP contribution in [-0.2, 0) is 13.6 Å². The Hall–Kier alpha value is -3.42. The monoisotopic (exact) mass is 356 g/mol. The number of nitrogens with zero attached hydrogens (tertiary/aromatic N) is 3. The Labute approximate surface area is 149 Å². The molecule has 0 aliphatic heterocycles. The van der Waals surface area contributed by atoms with Crippen molar-refractivity contribution in [1.29, 1.82) is 0 Å². The van der Waals surface area contributed by atoms with Gasteiger partial charge >= 0.3 is 0 Å². The first-order valence-electron chi connectivity index (χ1n) is 7.81. The van der Waals surface area contributed by atoms with Crippen LogP contribution in [0.4, 0.5) is 15.8 Å². The molecular formula is C18H17FN4O3. The Kier molecular flexibility index (Phi) is 4.83. The largest absolute Gasteiger partial charge is 0.494 e. The molecule has 26 heavy (non-hydrogen) atoms. The summed E-state index contributed by atoms with van der Waals surface area (Å²) in [6, 6.07) is 9.88. The van der Waals surface area contributed by atoms with E-state index in [9.17, 15) is 14.5 Å². The summed E-state index contributed by atoms with van der Waals surface area (Å²) in [6.45, 7) is 0.337. The van der Waals surface area contributed by atoms with Gasteiger partial charge < -0.3 is 10.1 Å². The summed E-state index contributed by atoms with van der Waals surface area (Å²) >= 11 is 0. The average Bonchev–Trinajstić information content (AvgIpc) is 3.07. The summed E-state index contributed by atoms with van der Waals surface area (Å²) in [7, 11) is 3.15. The number of ether oxygens (including phenoxy) is 1. The molecule has 0 radical (unpaired) electrons. The van der Waals surface area contributed by atoms with Crippen LogP contribution in [0.25, 0.3) is 11.1 Å². The van der Waals surface area contributed by atoms with E-state index in [0.717, 1.165) is 22.8 Å². The van der Waals surface area contributed by atoms with Crippen LogP contribution in [-0.4, -0.2) is 21.8 Å². The zero-order valence-electron chi connectivity index (χ0n) is 14.3. The van der Waals surface area contributed by atoms with Gasteiger partial charge in [0.1, 0.15) is 5.69 Å². The van der Waals surface area contributed by atoms with Crippen molar-refractivity contribution in [2.75, 3.05) is 12.4 Å². The molecular weight excluding hydrogens is 339 g/mol. The summed E-state index contributed by atoms with van der Waals surface area (Å²) in [6.07, 6.45) is 3.67. The van der Waals surface area contributed by atoms with E-state index in [-0.39, 0.29) is 17.1 Å². The highest BCUT2D eigenvalue weighted by molar-refractivity contribution is 5.66. The second-order valence-corrected chi connectivity index (χ2v) is 5.72. The SMILES string of the molecule is COc1cc(NCc2cccc(-c3cnn(C)c3)c2)c([N+](=O)[O-])cc1F. The van der Waals surface area contributed by atoms with Gasteiger partial charge in [0, 0.05) is 31.4 Å². The van der Waals surface area contributed by atoms with E-state index in [1.807, 2.05) is 37.5 Å². The zero-order valence-corrected chi connectivity index (χ0v) is 14.3. The number of hydrogen-bond donors (Lipinski definition) is 1. The number of aryl methyl sites for hydroxylation is 1. The number of aromatic nitrogens is 2. The van der Waals surface area contributed by atoms with E-state index >= 15 is 0 Å². The lowest BCUT2D eigenvalue weighted by Crippen LogP contribution is -2.04. The zero-order chi connectivity index (χ0) is 18.7. The lowest BCUT2D eigenvalue weighted by atomic mass is 10.1. The predicted octanol–water partition coefficient (Wildman–Crippen LogP) is 3.76. The summed E-state index contributed by atoms with van der Waals surface area (Å²) in [5.41, 5.74) is 2.74. The number of benzene rings is 2. The third kappa shape index (κ3) is 3.64. The molecule has 1 N–H and O–H groups in total. The third-order valence-corrected chi connectivity index (χ3v) is 3.91. The van der Waals surface area contributed by atoms with Gasteiger partial charge in [-0.05, 0) is 17.2 Å². The van der Waals surface area contributed by atoms with Gasteiger partial charge in [-0.3, -0.25) is 14.8 Å². The van der Waals surface area contributed by atoms with Gasteiger partial charge in [-0.25, -0.2) is 4.39 Å². The number of nitro benzene ring substituents is 1. The molecule has 3 aromatic rings. The van der Waals surface area contributed by atoms with Gasteiger partial charge in [0.15, 0.2) is 11.6 Å². The molecule has 0 spiro atoms.